The third-order valence-corrected chi connectivity index (χ3v) is 2.96. The lowest BCUT2D eigenvalue weighted by Gasteiger charge is -2.22. The lowest BCUT2D eigenvalue weighted by atomic mass is 9.86. The molecule has 1 aromatic heterocycles. The van der Waals surface area contributed by atoms with Gasteiger partial charge in [0, 0.05) is 5.92 Å². The molecule has 1 heterocycles. The summed E-state index contributed by atoms with van der Waals surface area (Å²) in [6.45, 7) is 0. The Labute approximate surface area is 70.9 Å². The minimum atomic E-state index is 0. The van der Waals surface area contributed by atoms with Crippen LogP contribution in [-0.2, 0) is 0 Å². The van der Waals surface area contributed by atoms with Crippen LogP contribution in [0.2, 0.25) is 0 Å². The predicted molar refractivity (Wildman–Crippen MR) is 47.1 cm³/mol. The third kappa shape index (κ3) is 1.53. The molecule has 0 aromatic carbocycles. The molecule has 0 radical (unpaired) electrons. The van der Waals surface area contributed by atoms with E-state index in [9.17, 15) is 0 Å². The first-order valence-electron chi connectivity index (χ1n) is 3.50. The lowest BCUT2D eigenvalue weighted by molar-refractivity contribution is 0.408. The number of aromatic hydroxyl groups is 1. The van der Waals surface area contributed by atoms with Crippen LogP contribution in [0.5, 0.6) is 5.88 Å². The summed E-state index contributed by atoms with van der Waals surface area (Å²) in [5.41, 5.74) is 0. The highest BCUT2D eigenvalue weighted by molar-refractivity contribution is 7.09. The van der Waals surface area contributed by atoms with Gasteiger partial charge in [-0.2, -0.15) is 0 Å². The molecule has 0 unspecified atom stereocenters. The monoisotopic (exact) mass is 171 g/mol. The van der Waals surface area contributed by atoms with Gasteiger partial charge >= 0.3 is 0 Å². The molecule has 2 rings (SSSR count). The average Bonchev–Trinajstić information content (AvgIpc) is 2.10. The van der Waals surface area contributed by atoms with Gasteiger partial charge in [0.2, 0.25) is 5.88 Å². The van der Waals surface area contributed by atoms with Gasteiger partial charge in [0.1, 0.15) is 0 Å². The third-order valence-electron chi connectivity index (χ3n) is 1.96. The maximum Gasteiger partial charge on any atom is 0.222 e. The molecule has 0 atom stereocenters. The van der Waals surface area contributed by atoms with Crippen LogP contribution < -0.4 is 0 Å². The molecule has 1 aliphatic rings. The van der Waals surface area contributed by atoms with Gasteiger partial charge in [0.05, 0.1) is 10.4 Å². The Balaban J connectivity index is 0.000000605. The van der Waals surface area contributed by atoms with Crippen LogP contribution >= 0.6 is 11.3 Å². The zero-order valence-corrected chi connectivity index (χ0v) is 6.40. The van der Waals surface area contributed by atoms with Crippen molar-refractivity contribution in [1.82, 2.24) is 4.98 Å². The van der Waals surface area contributed by atoms with Crippen LogP contribution in [0.15, 0.2) is 5.38 Å². The molecule has 11 heavy (non-hydrogen) atoms. The van der Waals surface area contributed by atoms with Gasteiger partial charge in [-0.3, -0.25) is 0 Å². The standard InChI is InChI=1S/C7H9NOS.CH4/c9-6-4-10-7(8-6)5-2-1-3-5;/h4-5,9H,1-3H2;1H4. The van der Waals surface area contributed by atoms with E-state index in [4.69, 9.17) is 5.11 Å². The zero-order chi connectivity index (χ0) is 6.97. The number of nitrogens with zero attached hydrogens (tertiary/aromatic N) is 1. The molecule has 0 spiro atoms. The van der Waals surface area contributed by atoms with E-state index in [0.29, 0.717) is 5.92 Å². The topological polar surface area (TPSA) is 33.1 Å². The molecular formula is C8H13NOS. The Morgan fingerprint density at radius 1 is 1.55 bits per heavy atom. The molecule has 0 saturated heterocycles. The van der Waals surface area contributed by atoms with Crippen molar-refractivity contribution >= 4 is 11.3 Å². The molecule has 2 nitrogen and oxygen atoms in total. The van der Waals surface area contributed by atoms with E-state index >= 15 is 0 Å². The van der Waals surface area contributed by atoms with Gasteiger partial charge in [0.15, 0.2) is 0 Å². The maximum absolute atomic E-state index is 8.92. The molecule has 0 bridgehead atoms. The molecule has 1 saturated carbocycles. The quantitative estimate of drug-likeness (QED) is 0.704. The smallest absolute Gasteiger partial charge is 0.222 e. The van der Waals surface area contributed by atoms with Crippen LogP contribution in [0.3, 0.4) is 0 Å². The largest absolute Gasteiger partial charge is 0.493 e. The number of hydrogen-bond acceptors (Lipinski definition) is 3. The van der Waals surface area contributed by atoms with E-state index in [2.05, 4.69) is 4.98 Å². The van der Waals surface area contributed by atoms with Crippen molar-refractivity contribution in [3.63, 3.8) is 0 Å². The molecule has 0 aliphatic heterocycles. The molecule has 3 heteroatoms. The SMILES string of the molecule is C.Oc1csc(C2CCC2)n1. The Bertz CT molecular complexity index is 230. The molecule has 1 N–H and O–H groups in total. The first-order valence-corrected chi connectivity index (χ1v) is 4.38. The summed E-state index contributed by atoms with van der Waals surface area (Å²) in [6.07, 6.45) is 3.84. The predicted octanol–water partition coefficient (Wildman–Crippen LogP) is 2.75. The highest BCUT2D eigenvalue weighted by Crippen LogP contribution is 2.38. The Morgan fingerprint density at radius 3 is 2.64 bits per heavy atom. The number of hydrogen-bond donors (Lipinski definition) is 1. The first-order chi connectivity index (χ1) is 4.86. The summed E-state index contributed by atoms with van der Waals surface area (Å²) in [4.78, 5) is 4.01. The first kappa shape index (κ1) is 8.53. The van der Waals surface area contributed by atoms with Gasteiger partial charge in [-0.05, 0) is 12.8 Å². The van der Waals surface area contributed by atoms with Gasteiger partial charge in [0.25, 0.3) is 0 Å². The molecule has 62 valence electrons. The Kier molecular flexibility index (Phi) is 2.49. The van der Waals surface area contributed by atoms with E-state index in [0.717, 1.165) is 5.01 Å². The zero-order valence-electron chi connectivity index (χ0n) is 5.58. The molecular weight excluding hydrogens is 158 g/mol. The molecule has 1 aliphatic carbocycles. The second-order valence-electron chi connectivity index (χ2n) is 2.67. The maximum atomic E-state index is 8.92. The number of rotatable bonds is 1. The van der Waals surface area contributed by atoms with E-state index < -0.39 is 0 Å². The van der Waals surface area contributed by atoms with Gasteiger partial charge < -0.3 is 5.11 Å². The van der Waals surface area contributed by atoms with Crippen molar-refractivity contribution in [2.75, 3.05) is 0 Å². The average molecular weight is 171 g/mol. The van der Waals surface area contributed by atoms with Gasteiger partial charge in [-0.15, -0.1) is 11.3 Å². The number of thiazole rings is 1. The van der Waals surface area contributed by atoms with Crippen LogP contribution in [0.25, 0.3) is 0 Å². The van der Waals surface area contributed by atoms with Crippen molar-refractivity contribution in [3.8, 4) is 5.88 Å². The van der Waals surface area contributed by atoms with E-state index in [1.54, 1.807) is 16.7 Å². The minimum Gasteiger partial charge on any atom is -0.493 e. The fourth-order valence-electron chi connectivity index (χ4n) is 1.12. The van der Waals surface area contributed by atoms with Gasteiger partial charge in [-0.25, -0.2) is 4.98 Å². The highest BCUT2D eigenvalue weighted by Gasteiger charge is 2.22. The molecule has 1 aromatic rings. The van der Waals surface area contributed by atoms with E-state index in [1.165, 1.54) is 19.3 Å². The van der Waals surface area contributed by atoms with Crippen molar-refractivity contribution in [1.29, 1.82) is 0 Å². The molecule has 0 amide bonds. The van der Waals surface area contributed by atoms with E-state index in [-0.39, 0.29) is 13.3 Å². The second kappa shape index (κ2) is 3.22. The normalized spacial score (nSPS) is 17.1. The van der Waals surface area contributed by atoms with Crippen LogP contribution in [0.4, 0.5) is 0 Å². The van der Waals surface area contributed by atoms with Crippen molar-refractivity contribution in [2.45, 2.75) is 32.6 Å². The van der Waals surface area contributed by atoms with Crippen LogP contribution in [-0.4, -0.2) is 10.1 Å². The summed E-state index contributed by atoms with van der Waals surface area (Å²) in [5.74, 6) is 0.845. The van der Waals surface area contributed by atoms with Gasteiger partial charge in [-0.1, -0.05) is 13.8 Å². The number of aromatic nitrogens is 1. The summed E-state index contributed by atoms with van der Waals surface area (Å²) >= 11 is 1.57. The Hall–Kier alpha value is -0.570. The lowest BCUT2D eigenvalue weighted by Crippen LogP contribution is -2.07. The van der Waals surface area contributed by atoms with Crippen LogP contribution in [0.1, 0.15) is 37.6 Å². The fraction of sp³-hybridized carbons (Fsp3) is 0.625. The second-order valence-corrected chi connectivity index (χ2v) is 3.56. The summed E-state index contributed by atoms with van der Waals surface area (Å²) in [6, 6.07) is 0. The van der Waals surface area contributed by atoms with Crippen molar-refractivity contribution < 1.29 is 5.11 Å². The summed E-state index contributed by atoms with van der Waals surface area (Å²) in [7, 11) is 0. The van der Waals surface area contributed by atoms with Crippen LogP contribution in [0, 0.1) is 0 Å². The van der Waals surface area contributed by atoms with Crippen molar-refractivity contribution in [2.24, 2.45) is 0 Å². The summed E-state index contributed by atoms with van der Waals surface area (Å²) in [5, 5.41) is 11.7. The van der Waals surface area contributed by atoms with E-state index in [1.807, 2.05) is 0 Å². The minimum absolute atomic E-state index is 0. The Morgan fingerprint density at radius 2 is 2.27 bits per heavy atom. The molecule has 1 fully saturated rings. The van der Waals surface area contributed by atoms with Crippen molar-refractivity contribution in [3.05, 3.63) is 10.4 Å². The summed E-state index contributed by atoms with van der Waals surface area (Å²) < 4.78 is 0. The fourth-order valence-corrected chi connectivity index (χ4v) is 1.97. The highest BCUT2D eigenvalue weighted by atomic mass is 32.1.